The molecule has 186 valence electrons. The lowest BCUT2D eigenvalue weighted by atomic mass is 10.1. The predicted octanol–water partition coefficient (Wildman–Crippen LogP) is 5.89. The first-order chi connectivity index (χ1) is 17.4. The van der Waals surface area contributed by atoms with E-state index in [-0.39, 0.29) is 29.1 Å². The SMILES string of the molecule is CC[C@@H](C)NC(=O)c1ccccc1NC(=O)c1ccc([C@@H]2SCC(=O)N2Cc2ccc(Cl)cc2)cc1. The van der Waals surface area contributed by atoms with Gasteiger partial charge in [0.15, 0.2) is 0 Å². The van der Waals surface area contributed by atoms with Crippen LogP contribution in [0.5, 0.6) is 0 Å². The smallest absolute Gasteiger partial charge is 0.255 e. The van der Waals surface area contributed by atoms with E-state index in [4.69, 9.17) is 11.6 Å². The van der Waals surface area contributed by atoms with Gasteiger partial charge in [-0.25, -0.2) is 0 Å². The van der Waals surface area contributed by atoms with E-state index >= 15 is 0 Å². The standard InChI is InChI=1S/C28H28ClN3O3S/c1-3-18(2)30-27(35)23-6-4-5-7-24(23)31-26(34)20-10-12-21(13-11-20)28-32(25(33)17-36-28)16-19-8-14-22(29)15-9-19/h4-15,18,28H,3,16-17H2,1-2H3,(H,30,35)(H,31,34)/t18-,28+/m1/s1. The number of amides is 3. The third-order valence-electron chi connectivity index (χ3n) is 6.10. The van der Waals surface area contributed by atoms with Crippen molar-refractivity contribution in [3.05, 3.63) is 100 Å². The summed E-state index contributed by atoms with van der Waals surface area (Å²) in [4.78, 5) is 40.0. The summed E-state index contributed by atoms with van der Waals surface area (Å²) in [5.41, 5.74) is 3.30. The fraction of sp³-hybridized carbons (Fsp3) is 0.250. The number of hydrogen-bond acceptors (Lipinski definition) is 4. The number of thioether (sulfide) groups is 1. The Labute approximate surface area is 220 Å². The Morgan fingerprint density at radius 3 is 2.42 bits per heavy atom. The molecule has 6 nitrogen and oxygen atoms in total. The van der Waals surface area contributed by atoms with Crippen LogP contribution in [0.2, 0.25) is 5.02 Å². The molecule has 3 aromatic carbocycles. The van der Waals surface area contributed by atoms with Gasteiger partial charge in [0.2, 0.25) is 5.91 Å². The largest absolute Gasteiger partial charge is 0.350 e. The van der Waals surface area contributed by atoms with E-state index in [2.05, 4.69) is 10.6 Å². The van der Waals surface area contributed by atoms with Crippen LogP contribution in [0.15, 0.2) is 72.8 Å². The van der Waals surface area contributed by atoms with Crippen molar-refractivity contribution in [1.82, 2.24) is 10.2 Å². The van der Waals surface area contributed by atoms with E-state index in [1.54, 1.807) is 48.2 Å². The second kappa shape index (κ2) is 11.6. The quantitative estimate of drug-likeness (QED) is 0.387. The van der Waals surface area contributed by atoms with E-state index in [9.17, 15) is 14.4 Å². The number of nitrogens with zero attached hydrogens (tertiary/aromatic N) is 1. The summed E-state index contributed by atoms with van der Waals surface area (Å²) < 4.78 is 0. The molecule has 36 heavy (non-hydrogen) atoms. The molecule has 0 aromatic heterocycles. The number of carbonyl (C=O) groups excluding carboxylic acids is 3. The minimum Gasteiger partial charge on any atom is -0.350 e. The van der Waals surface area contributed by atoms with Crippen LogP contribution in [0.3, 0.4) is 0 Å². The Morgan fingerprint density at radius 2 is 1.72 bits per heavy atom. The molecule has 0 spiro atoms. The molecular weight excluding hydrogens is 494 g/mol. The summed E-state index contributed by atoms with van der Waals surface area (Å²) in [6.07, 6.45) is 0.814. The number of nitrogens with one attached hydrogen (secondary N) is 2. The maximum Gasteiger partial charge on any atom is 0.255 e. The first-order valence-electron chi connectivity index (χ1n) is 11.8. The number of halogens is 1. The van der Waals surface area contributed by atoms with E-state index in [1.807, 2.05) is 55.1 Å². The number of hydrogen-bond donors (Lipinski definition) is 2. The number of rotatable bonds is 8. The van der Waals surface area contributed by atoms with Crippen LogP contribution in [-0.4, -0.2) is 34.4 Å². The Balaban J connectivity index is 1.46. The van der Waals surface area contributed by atoms with Crippen molar-refractivity contribution in [1.29, 1.82) is 0 Å². The van der Waals surface area contributed by atoms with Crippen molar-refractivity contribution in [2.45, 2.75) is 38.2 Å². The average Bonchev–Trinajstić information content (AvgIpc) is 3.25. The molecule has 1 heterocycles. The van der Waals surface area contributed by atoms with Crippen LogP contribution in [0, 0.1) is 0 Å². The molecule has 2 atom stereocenters. The Bertz CT molecular complexity index is 1250. The molecule has 1 saturated heterocycles. The zero-order chi connectivity index (χ0) is 25.7. The van der Waals surface area contributed by atoms with Crippen molar-refractivity contribution in [2.24, 2.45) is 0 Å². The van der Waals surface area contributed by atoms with Gasteiger partial charge in [-0.05, 0) is 60.9 Å². The summed E-state index contributed by atoms with van der Waals surface area (Å²) in [5.74, 6) is -0.0393. The lowest BCUT2D eigenvalue weighted by molar-refractivity contribution is -0.128. The summed E-state index contributed by atoms with van der Waals surface area (Å²) in [7, 11) is 0. The van der Waals surface area contributed by atoms with E-state index in [0.29, 0.717) is 34.1 Å². The van der Waals surface area contributed by atoms with Gasteiger partial charge >= 0.3 is 0 Å². The highest BCUT2D eigenvalue weighted by Gasteiger charge is 2.32. The molecule has 1 fully saturated rings. The highest BCUT2D eigenvalue weighted by Crippen LogP contribution is 2.39. The molecule has 2 N–H and O–H groups in total. The summed E-state index contributed by atoms with van der Waals surface area (Å²) in [5, 5.41) is 6.32. The minimum atomic E-state index is -0.307. The first-order valence-corrected chi connectivity index (χ1v) is 13.2. The van der Waals surface area contributed by atoms with Crippen molar-refractivity contribution < 1.29 is 14.4 Å². The molecule has 0 bridgehead atoms. The zero-order valence-electron chi connectivity index (χ0n) is 20.2. The first kappa shape index (κ1) is 25.8. The van der Waals surface area contributed by atoms with Crippen LogP contribution in [0.25, 0.3) is 0 Å². The predicted molar refractivity (Wildman–Crippen MR) is 145 cm³/mol. The van der Waals surface area contributed by atoms with Crippen molar-refractivity contribution in [2.75, 3.05) is 11.1 Å². The van der Waals surface area contributed by atoms with Crippen LogP contribution in [-0.2, 0) is 11.3 Å². The molecule has 4 rings (SSSR count). The molecule has 0 unspecified atom stereocenters. The average molecular weight is 522 g/mol. The summed E-state index contributed by atoms with van der Waals surface area (Å²) in [6, 6.07) is 21.7. The summed E-state index contributed by atoms with van der Waals surface area (Å²) >= 11 is 7.55. The van der Waals surface area contributed by atoms with E-state index < -0.39 is 0 Å². The van der Waals surface area contributed by atoms with Crippen molar-refractivity contribution in [3.63, 3.8) is 0 Å². The molecule has 0 radical (unpaired) electrons. The molecule has 8 heteroatoms. The van der Waals surface area contributed by atoms with Crippen LogP contribution in [0.1, 0.15) is 57.5 Å². The van der Waals surface area contributed by atoms with Gasteiger partial charge < -0.3 is 15.5 Å². The lowest BCUT2D eigenvalue weighted by Gasteiger charge is -2.24. The monoisotopic (exact) mass is 521 g/mol. The topological polar surface area (TPSA) is 78.5 Å². The maximum atomic E-state index is 13.0. The fourth-order valence-corrected chi connectivity index (χ4v) is 5.19. The zero-order valence-corrected chi connectivity index (χ0v) is 21.7. The molecule has 1 aliphatic rings. The van der Waals surface area contributed by atoms with Gasteiger partial charge in [0, 0.05) is 23.2 Å². The normalized spacial score (nSPS) is 16.0. The number of para-hydroxylation sites is 1. The van der Waals surface area contributed by atoms with Gasteiger partial charge in [-0.1, -0.05) is 54.9 Å². The molecule has 0 aliphatic carbocycles. The Hall–Kier alpha value is -3.29. The van der Waals surface area contributed by atoms with Gasteiger partial charge in [-0.15, -0.1) is 11.8 Å². The fourth-order valence-electron chi connectivity index (χ4n) is 3.87. The van der Waals surface area contributed by atoms with Gasteiger partial charge in [0.25, 0.3) is 11.8 Å². The van der Waals surface area contributed by atoms with Crippen molar-refractivity contribution >= 4 is 46.8 Å². The van der Waals surface area contributed by atoms with Crippen molar-refractivity contribution in [3.8, 4) is 0 Å². The summed E-state index contributed by atoms with van der Waals surface area (Å²) in [6.45, 7) is 4.43. The third kappa shape index (κ3) is 6.09. The molecule has 3 amide bonds. The van der Waals surface area contributed by atoms with E-state index in [1.165, 1.54) is 0 Å². The lowest BCUT2D eigenvalue weighted by Crippen LogP contribution is -2.32. The number of carbonyl (C=O) groups is 3. The second-order valence-corrected chi connectivity index (χ2v) is 10.2. The minimum absolute atomic E-state index is 0.0356. The highest BCUT2D eigenvalue weighted by atomic mass is 35.5. The van der Waals surface area contributed by atoms with E-state index in [0.717, 1.165) is 17.5 Å². The molecular formula is C28H28ClN3O3S. The number of benzene rings is 3. The van der Waals surface area contributed by atoms with Gasteiger partial charge in [-0.3, -0.25) is 14.4 Å². The maximum absolute atomic E-state index is 13.0. The van der Waals surface area contributed by atoms with Crippen LogP contribution in [0.4, 0.5) is 5.69 Å². The molecule has 1 aliphatic heterocycles. The second-order valence-electron chi connectivity index (χ2n) is 8.72. The Morgan fingerprint density at radius 1 is 1.03 bits per heavy atom. The van der Waals surface area contributed by atoms with Gasteiger partial charge in [0.05, 0.1) is 17.0 Å². The van der Waals surface area contributed by atoms with Crippen LogP contribution < -0.4 is 10.6 Å². The van der Waals surface area contributed by atoms with Gasteiger partial charge in [0.1, 0.15) is 5.37 Å². The molecule has 0 saturated carbocycles. The van der Waals surface area contributed by atoms with Crippen LogP contribution >= 0.6 is 23.4 Å². The molecule has 3 aromatic rings. The van der Waals surface area contributed by atoms with Gasteiger partial charge in [-0.2, -0.15) is 0 Å². The third-order valence-corrected chi connectivity index (χ3v) is 7.61. The number of anilines is 1. The highest BCUT2D eigenvalue weighted by molar-refractivity contribution is 8.00. The Kier molecular flexibility index (Phi) is 8.33.